The van der Waals surface area contributed by atoms with Crippen molar-refractivity contribution in [2.45, 2.75) is 49.6 Å². The van der Waals surface area contributed by atoms with Crippen LogP contribution in [0.3, 0.4) is 0 Å². The summed E-state index contributed by atoms with van der Waals surface area (Å²) in [6.07, 6.45) is 10.2. The molecule has 0 unspecified atom stereocenters. The summed E-state index contributed by atoms with van der Waals surface area (Å²) in [5.41, 5.74) is 4.80. The number of halogens is 3. The van der Waals surface area contributed by atoms with E-state index in [0.29, 0.717) is 48.6 Å². The molecule has 14 nitrogen and oxygen atoms in total. The predicted octanol–water partition coefficient (Wildman–Crippen LogP) is 8.76. The van der Waals surface area contributed by atoms with Crippen LogP contribution in [-0.4, -0.2) is 98.5 Å². The number of benzene rings is 4. The highest BCUT2D eigenvalue weighted by Crippen LogP contribution is 2.39. The van der Waals surface area contributed by atoms with E-state index in [4.69, 9.17) is 0 Å². The number of anilines is 2. The van der Waals surface area contributed by atoms with Crippen molar-refractivity contribution >= 4 is 82.9 Å². The normalized spacial score (nSPS) is 16.2. The first-order valence-electron chi connectivity index (χ1n) is 23.8. The Balaban J connectivity index is 0.000000139. The molecule has 2 saturated heterocycles. The number of hydrogen-bond acceptors (Lipinski definition) is 10. The Morgan fingerprint density at radius 2 is 1.07 bits per heavy atom. The van der Waals surface area contributed by atoms with Gasteiger partial charge in [0.25, 0.3) is 0 Å². The van der Waals surface area contributed by atoms with Gasteiger partial charge < -0.3 is 34.5 Å². The third-order valence-corrected chi connectivity index (χ3v) is 14.3. The number of aromatic carboxylic acids is 2. The third kappa shape index (κ3) is 9.99. The maximum Gasteiger partial charge on any atom is 0.341 e. The minimum absolute atomic E-state index is 0.125. The number of carbonyl (C=O) groups is 2. The SMILES string of the molecule is BrCc1cccc2cccnc12.O=C(O)c1cn(C2CC2)c2cc(N3CCN(Cc4cccc5cccnc45)CC3)c(F)cc2c1=O.O=C(O)c1cn(C2CC2)c2cc(N3CCNCC3)c(F)cc2c1=O. The second-order valence-electron chi connectivity index (χ2n) is 18.4. The van der Waals surface area contributed by atoms with Crippen molar-refractivity contribution in [1.29, 1.82) is 0 Å². The molecule has 4 aromatic heterocycles. The molecule has 0 spiro atoms. The Kier molecular flexibility index (Phi) is 13.6. The van der Waals surface area contributed by atoms with Gasteiger partial charge in [0.15, 0.2) is 0 Å². The molecule has 71 heavy (non-hydrogen) atoms. The average molecular weight is 1030 g/mol. The van der Waals surface area contributed by atoms with Crippen LogP contribution in [0.2, 0.25) is 0 Å². The zero-order valence-electron chi connectivity index (χ0n) is 38.7. The van der Waals surface area contributed by atoms with Crippen molar-refractivity contribution in [3.63, 3.8) is 0 Å². The number of alkyl halides is 1. The van der Waals surface area contributed by atoms with E-state index < -0.39 is 34.4 Å². The molecule has 364 valence electrons. The quantitative estimate of drug-likeness (QED) is 0.118. The minimum atomic E-state index is -1.28. The fourth-order valence-electron chi connectivity index (χ4n) is 9.68. The van der Waals surface area contributed by atoms with E-state index in [0.717, 1.165) is 80.2 Å². The lowest BCUT2D eigenvalue weighted by Gasteiger charge is -2.36. The number of carboxylic acid groups (broad SMARTS) is 2. The smallest absolute Gasteiger partial charge is 0.341 e. The first kappa shape index (κ1) is 47.6. The van der Waals surface area contributed by atoms with Gasteiger partial charge in [-0.15, -0.1) is 0 Å². The van der Waals surface area contributed by atoms with Gasteiger partial charge in [-0.05, 0) is 73.2 Å². The largest absolute Gasteiger partial charge is 0.477 e. The van der Waals surface area contributed by atoms with Crippen molar-refractivity contribution in [3.8, 4) is 0 Å². The summed E-state index contributed by atoms with van der Waals surface area (Å²) in [7, 11) is 0. The van der Waals surface area contributed by atoms with E-state index in [1.807, 2.05) is 43.5 Å². The first-order valence-corrected chi connectivity index (χ1v) is 25.0. The molecular weight excluding hydrogens is 975 g/mol. The van der Waals surface area contributed by atoms with Gasteiger partial charge in [-0.25, -0.2) is 18.4 Å². The molecule has 0 atom stereocenters. The molecule has 17 heteroatoms. The topological polar surface area (TPSA) is 166 Å². The maximum atomic E-state index is 15.2. The number of hydrogen-bond donors (Lipinski definition) is 3. The van der Waals surface area contributed by atoms with Crippen molar-refractivity contribution in [1.82, 2.24) is 29.3 Å². The Hall–Kier alpha value is -7.08. The highest BCUT2D eigenvalue weighted by molar-refractivity contribution is 9.08. The van der Waals surface area contributed by atoms with Crippen LogP contribution in [0.5, 0.6) is 0 Å². The number of piperazine rings is 2. The number of nitrogens with one attached hydrogen (secondary N) is 1. The molecule has 6 heterocycles. The highest BCUT2D eigenvalue weighted by Gasteiger charge is 2.30. The predicted molar refractivity (Wildman–Crippen MR) is 275 cm³/mol. The second-order valence-corrected chi connectivity index (χ2v) is 19.0. The van der Waals surface area contributed by atoms with Gasteiger partial charge in [-0.3, -0.25) is 24.5 Å². The van der Waals surface area contributed by atoms with E-state index in [1.165, 1.54) is 41.0 Å². The van der Waals surface area contributed by atoms with Crippen molar-refractivity contribution in [2.75, 3.05) is 62.2 Å². The fourth-order valence-corrected chi connectivity index (χ4v) is 10.1. The molecule has 4 aliphatic rings. The van der Waals surface area contributed by atoms with E-state index in [9.17, 15) is 33.8 Å². The minimum Gasteiger partial charge on any atom is -0.477 e. The summed E-state index contributed by atoms with van der Waals surface area (Å²) in [5, 5.41) is 25.4. The van der Waals surface area contributed by atoms with Crippen LogP contribution in [0, 0.1) is 11.6 Å². The van der Waals surface area contributed by atoms with Crippen molar-refractivity contribution < 1.29 is 28.6 Å². The summed E-state index contributed by atoms with van der Waals surface area (Å²) in [4.78, 5) is 63.2. The molecule has 2 aliphatic heterocycles. The number of aromatic nitrogens is 4. The number of fused-ring (bicyclic) bond motifs is 4. The van der Waals surface area contributed by atoms with Crippen LogP contribution >= 0.6 is 15.9 Å². The number of rotatable bonds is 9. The van der Waals surface area contributed by atoms with Gasteiger partial charge in [0, 0.05) is 123 Å². The zero-order chi connectivity index (χ0) is 49.3. The van der Waals surface area contributed by atoms with Gasteiger partial charge in [0.2, 0.25) is 10.9 Å². The standard InChI is InChI=1S/C27H25FN4O3.C17H18FN3O3.C10H8BrN/c28-22-13-20-23(32(19-6-7-19)16-21(26(20)33)27(34)35)14-24(22)31-11-9-30(10-12-31)15-18-4-1-3-17-5-2-8-29-25(17)18;18-13-7-11-14(8-15(13)20-5-3-19-4-6-20)21(10-1-2-10)9-12(16(11)22)17(23)24;11-7-9-4-1-3-8-5-2-6-12-10(8)9/h1-5,8,13-14,16,19H,6-7,9-12,15H2,(H,34,35);7-10,19H,1-6H2,(H,23,24);1-6H,7H2. The van der Waals surface area contributed by atoms with Crippen molar-refractivity contribution in [2.24, 2.45) is 0 Å². The fraction of sp³-hybridized carbons (Fsp3) is 0.296. The molecule has 2 saturated carbocycles. The summed E-state index contributed by atoms with van der Waals surface area (Å²) in [6.45, 7) is 6.59. The van der Waals surface area contributed by atoms with Gasteiger partial charge in [-0.2, -0.15) is 0 Å². The average Bonchev–Trinajstić information content (AvgIpc) is 4.34. The summed E-state index contributed by atoms with van der Waals surface area (Å²) in [5.74, 6) is -3.53. The van der Waals surface area contributed by atoms with Gasteiger partial charge in [0.05, 0.1) is 33.4 Å². The molecule has 0 radical (unpaired) electrons. The number of nitrogens with zero attached hydrogens (tertiary/aromatic N) is 7. The molecule has 2 aliphatic carbocycles. The molecule has 0 bridgehead atoms. The van der Waals surface area contributed by atoms with Crippen LogP contribution in [0.15, 0.2) is 119 Å². The lowest BCUT2D eigenvalue weighted by molar-refractivity contribution is 0.0684. The van der Waals surface area contributed by atoms with E-state index >= 15 is 4.39 Å². The summed E-state index contributed by atoms with van der Waals surface area (Å²) < 4.78 is 33.5. The zero-order valence-corrected chi connectivity index (χ0v) is 40.3. The summed E-state index contributed by atoms with van der Waals surface area (Å²) in [6, 6.07) is 26.6. The number of carboxylic acids is 2. The molecule has 8 aromatic rings. The van der Waals surface area contributed by atoms with E-state index in [1.54, 1.807) is 12.1 Å². The Morgan fingerprint density at radius 3 is 1.54 bits per heavy atom. The molecule has 4 fully saturated rings. The molecule has 4 aromatic carbocycles. The lowest BCUT2D eigenvalue weighted by Crippen LogP contribution is -2.46. The lowest BCUT2D eigenvalue weighted by atomic mass is 10.1. The molecular formula is C54H51BrF2N8O6. The molecule has 0 amide bonds. The first-order chi connectivity index (χ1) is 34.5. The van der Waals surface area contributed by atoms with Crippen LogP contribution in [0.4, 0.5) is 20.2 Å². The van der Waals surface area contributed by atoms with Gasteiger partial charge in [0.1, 0.15) is 22.8 Å². The Bertz CT molecular complexity index is 3460. The van der Waals surface area contributed by atoms with Crippen LogP contribution in [0.1, 0.15) is 69.6 Å². The maximum absolute atomic E-state index is 15.2. The van der Waals surface area contributed by atoms with E-state index in [-0.39, 0.29) is 34.0 Å². The van der Waals surface area contributed by atoms with E-state index in [2.05, 4.69) is 84.6 Å². The second kappa shape index (κ2) is 20.3. The monoisotopic (exact) mass is 1020 g/mol. The highest BCUT2D eigenvalue weighted by atomic mass is 79.9. The van der Waals surface area contributed by atoms with Crippen LogP contribution in [-0.2, 0) is 11.9 Å². The molecule has 12 rings (SSSR count). The van der Waals surface area contributed by atoms with Gasteiger partial charge in [-0.1, -0.05) is 64.5 Å². The molecule has 3 N–H and O–H groups in total. The Morgan fingerprint density at radius 1 is 0.620 bits per heavy atom. The Labute approximate surface area is 414 Å². The summed E-state index contributed by atoms with van der Waals surface area (Å²) >= 11 is 3.44. The number of pyridine rings is 4. The van der Waals surface area contributed by atoms with Gasteiger partial charge >= 0.3 is 11.9 Å². The van der Waals surface area contributed by atoms with Crippen LogP contribution in [0.25, 0.3) is 43.6 Å². The van der Waals surface area contributed by atoms with Crippen molar-refractivity contribution in [3.05, 3.63) is 164 Å². The third-order valence-electron chi connectivity index (χ3n) is 13.7. The van der Waals surface area contributed by atoms with Crippen LogP contribution < -0.4 is 26.0 Å². The number of para-hydroxylation sites is 2.